The van der Waals surface area contributed by atoms with E-state index in [1.54, 1.807) is 0 Å². The highest BCUT2D eigenvalue weighted by Crippen LogP contribution is 2.32. The maximum atomic E-state index is 11.1. The van der Waals surface area contributed by atoms with Gasteiger partial charge in [-0.2, -0.15) is 4.37 Å². The molecule has 0 radical (unpaired) electrons. The summed E-state index contributed by atoms with van der Waals surface area (Å²) in [6.07, 6.45) is 3.83. The minimum Gasteiger partial charge on any atom is -0.392 e. The van der Waals surface area contributed by atoms with Gasteiger partial charge in [0.15, 0.2) is 0 Å². The van der Waals surface area contributed by atoms with Crippen LogP contribution in [0.5, 0.6) is 0 Å². The molecule has 4 rings (SSSR count). The minimum absolute atomic E-state index is 0.202. The lowest BCUT2D eigenvalue weighted by atomic mass is 9.97. The Morgan fingerprint density at radius 3 is 2.61 bits per heavy atom. The zero-order valence-electron chi connectivity index (χ0n) is 12.7. The first-order chi connectivity index (χ1) is 11.3. The molecule has 0 saturated carbocycles. The molecule has 0 unspecified atom stereocenters. The molecule has 1 N–H and O–H groups in total. The topological polar surface area (TPSA) is 97.1 Å². The Balaban J connectivity index is 1.38. The van der Waals surface area contributed by atoms with E-state index in [4.69, 9.17) is 14.1 Å². The van der Waals surface area contributed by atoms with Crippen molar-refractivity contribution in [2.75, 3.05) is 31.2 Å². The first kappa shape index (κ1) is 14.8. The molecule has 0 atom stereocenters. The Hall–Kier alpha value is -1.74. The number of hydrogen-bond donors (Lipinski definition) is 1. The van der Waals surface area contributed by atoms with Gasteiger partial charge in [0.1, 0.15) is 5.82 Å². The summed E-state index contributed by atoms with van der Waals surface area (Å²) in [6.45, 7) is 3.37. The molecule has 2 aromatic rings. The van der Waals surface area contributed by atoms with Gasteiger partial charge in [-0.05, 0) is 25.7 Å². The van der Waals surface area contributed by atoms with Crippen molar-refractivity contribution in [1.82, 2.24) is 19.6 Å². The van der Waals surface area contributed by atoms with Crippen molar-refractivity contribution < 1.29 is 9.15 Å². The number of aromatic nitrogens is 4. The Bertz CT molecular complexity index is 697. The summed E-state index contributed by atoms with van der Waals surface area (Å²) in [6, 6.07) is 0. The van der Waals surface area contributed by atoms with E-state index in [1.165, 1.54) is 11.5 Å². The monoisotopic (exact) mass is 337 g/mol. The molecule has 2 saturated heterocycles. The van der Waals surface area contributed by atoms with Gasteiger partial charge in [-0.3, -0.25) is 0 Å². The number of ether oxygens (including phenoxy) is 1. The normalized spacial score (nSPS) is 21.0. The molecule has 2 aromatic heterocycles. The molecule has 0 amide bonds. The van der Waals surface area contributed by atoms with Crippen molar-refractivity contribution in [1.29, 1.82) is 0 Å². The molecule has 2 fully saturated rings. The van der Waals surface area contributed by atoms with Crippen LogP contribution in [0.25, 0.3) is 0 Å². The van der Waals surface area contributed by atoms with Gasteiger partial charge in [0.2, 0.25) is 11.0 Å². The molecule has 9 heteroatoms. The van der Waals surface area contributed by atoms with Crippen molar-refractivity contribution in [3.05, 3.63) is 22.3 Å². The van der Waals surface area contributed by atoms with Crippen LogP contribution in [-0.2, 0) is 4.74 Å². The van der Waals surface area contributed by atoms with Crippen LogP contribution in [0.2, 0.25) is 0 Å². The fraction of sp³-hybridized carbons (Fsp3) is 0.714. The second-order valence-electron chi connectivity index (χ2n) is 6.03. The molecule has 0 bridgehead atoms. The van der Waals surface area contributed by atoms with E-state index in [0.717, 1.165) is 62.9 Å². The summed E-state index contributed by atoms with van der Waals surface area (Å²) in [5, 5.41) is 7.27. The van der Waals surface area contributed by atoms with Gasteiger partial charge in [0, 0.05) is 49.7 Å². The molecule has 4 heterocycles. The fourth-order valence-corrected chi connectivity index (χ4v) is 4.01. The lowest BCUT2D eigenvalue weighted by molar-refractivity contribution is 0.0838. The number of H-pyrrole nitrogens is 1. The second-order valence-corrected chi connectivity index (χ2v) is 6.76. The molecule has 0 spiro atoms. The molecule has 0 aromatic carbocycles. The predicted octanol–water partition coefficient (Wildman–Crippen LogP) is 1.49. The Kier molecular flexibility index (Phi) is 4.13. The van der Waals surface area contributed by atoms with Crippen LogP contribution in [0, 0.1) is 0 Å². The van der Waals surface area contributed by atoms with E-state index >= 15 is 0 Å². The molecular weight excluding hydrogens is 318 g/mol. The molecule has 23 heavy (non-hydrogen) atoms. The number of anilines is 1. The van der Waals surface area contributed by atoms with Crippen LogP contribution in [0.15, 0.2) is 9.21 Å². The number of nitrogens with one attached hydrogen (secondary N) is 1. The quantitative estimate of drug-likeness (QED) is 0.906. The van der Waals surface area contributed by atoms with Gasteiger partial charge in [0.05, 0.1) is 0 Å². The maximum Gasteiger partial charge on any atom is 0.434 e. The lowest BCUT2D eigenvalue weighted by Crippen LogP contribution is -2.33. The third kappa shape index (κ3) is 3.16. The summed E-state index contributed by atoms with van der Waals surface area (Å²) in [4.78, 5) is 18.1. The van der Waals surface area contributed by atoms with Gasteiger partial charge in [-0.25, -0.2) is 14.9 Å². The fourth-order valence-electron chi connectivity index (χ4n) is 3.21. The highest BCUT2D eigenvalue weighted by atomic mass is 32.1. The van der Waals surface area contributed by atoms with E-state index < -0.39 is 5.76 Å². The summed E-state index contributed by atoms with van der Waals surface area (Å²) < 4.78 is 15.0. The van der Waals surface area contributed by atoms with Crippen LogP contribution in [0.4, 0.5) is 5.13 Å². The molecule has 8 nitrogen and oxygen atoms in total. The molecule has 0 aliphatic carbocycles. The number of aromatic amines is 1. The van der Waals surface area contributed by atoms with Gasteiger partial charge >= 0.3 is 5.76 Å². The minimum atomic E-state index is -0.479. The van der Waals surface area contributed by atoms with E-state index in [0.29, 0.717) is 11.8 Å². The lowest BCUT2D eigenvalue weighted by Gasteiger charge is -2.29. The number of hydrogen-bond acceptors (Lipinski definition) is 8. The second kappa shape index (κ2) is 6.40. The first-order valence-corrected chi connectivity index (χ1v) is 8.78. The van der Waals surface area contributed by atoms with Gasteiger partial charge in [-0.15, -0.1) is 5.10 Å². The summed E-state index contributed by atoms with van der Waals surface area (Å²) >= 11 is 1.48. The van der Waals surface area contributed by atoms with Crippen molar-refractivity contribution in [2.24, 2.45) is 0 Å². The van der Waals surface area contributed by atoms with Crippen LogP contribution in [-0.4, -0.2) is 45.9 Å². The Morgan fingerprint density at radius 2 is 1.91 bits per heavy atom. The Morgan fingerprint density at radius 1 is 1.13 bits per heavy atom. The summed E-state index contributed by atoms with van der Waals surface area (Å²) in [5.74, 6) is 1.65. The molecule has 2 aliphatic heterocycles. The summed E-state index contributed by atoms with van der Waals surface area (Å²) in [7, 11) is 0. The van der Waals surface area contributed by atoms with E-state index in [9.17, 15) is 4.79 Å². The SMILES string of the molecule is O=c1[nH]nc(C2CCN(c3nc(C4CCOCC4)ns3)CC2)o1. The average molecular weight is 337 g/mol. The number of rotatable bonds is 3. The van der Waals surface area contributed by atoms with Gasteiger partial charge in [-0.1, -0.05) is 0 Å². The largest absolute Gasteiger partial charge is 0.434 e. The van der Waals surface area contributed by atoms with Crippen molar-refractivity contribution >= 4 is 16.7 Å². The molecule has 124 valence electrons. The van der Waals surface area contributed by atoms with E-state index in [1.807, 2.05) is 0 Å². The first-order valence-electron chi connectivity index (χ1n) is 8.01. The molecular formula is C14H19N5O3S. The maximum absolute atomic E-state index is 11.1. The van der Waals surface area contributed by atoms with Crippen LogP contribution < -0.4 is 10.7 Å². The van der Waals surface area contributed by atoms with Gasteiger partial charge in [0.25, 0.3) is 0 Å². The predicted molar refractivity (Wildman–Crippen MR) is 84.0 cm³/mol. The molecule has 2 aliphatic rings. The van der Waals surface area contributed by atoms with Gasteiger partial charge < -0.3 is 14.1 Å². The van der Waals surface area contributed by atoms with Crippen molar-refractivity contribution in [3.63, 3.8) is 0 Å². The third-order valence-electron chi connectivity index (χ3n) is 4.59. The van der Waals surface area contributed by atoms with Crippen molar-refractivity contribution in [3.8, 4) is 0 Å². The Labute approximate surface area is 137 Å². The zero-order chi connectivity index (χ0) is 15.6. The third-order valence-corrected chi connectivity index (χ3v) is 5.38. The highest BCUT2D eigenvalue weighted by Gasteiger charge is 2.27. The highest BCUT2D eigenvalue weighted by molar-refractivity contribution is 7.09. The number of nitrogens with zero attached hydrogens (tertiary/aromatic N) is 4. The summed E-state index contributed by atoms with van der Waals surface area (Å²) in [5.41, 5.74) is 0. The smallest absolute Gasteiger partial charge is 0.392 e. The van der Waals surface area contributed by atoms with Crippen LogP contribution >= 0.6 is 11.5 Å². The van der Waals surface area contributed by atoms with E-state index in [2.05, 4.69) is 19.5 Å². The van der Waals surface area contributed by atoms with E-state index in [-0.39, 0.29) is 5.92 Å². The number of piperidine rings is 1. The van der Waals surface area contributed by atoms with Crippen LogP contribution in [0.1, 0.15) is 49.2 Å². The average Bonchev–Trinajstić information content (AvgIpc) is 3.25. The standard InChI is InChI=1S/C14H19N5O3S/c20-14-17-16-12(22-14)10-1-5-19(6-2-10)13-15-11(18-23-13)9-3-7-21-8-4-9/h9-10H,1-8H2,(H,17,20). The zero-order valence-corrected chi connectivity index (χ0v) is 13.5. The van der Waals surface area contributed by atoms with Crippen molar-refractivity contribution in [2.45, 2.75) is 37.5 Å². The van der Waals surface area contributed by atoms with Crippen LogP contribution in [0.3, 0.4) is 0 Å².